The van der Waals surface area contributed by atoms with Crippen molar-refractivity contribution < 1.29 is 14.3 Å². The molecule has 0 saturated carbocycles. The number of fused-ring (bicyclic) bond motifs is 1. The van der Waals surface area contributed by atoms with Gasteiger partial charge in [0.2, 0.25) is 0 Å². The van der Waals surface area contributed by atoms with Crippen molar-refractivity contribution in [3.05, 3.63) is 66.7 Å². The van der Waals surface area contributed by atoms with Gasteiger partial charge in [-0.1, -0.05) is 51.6 Å². The number of aryl methyl sites for hydroxylation is 1. The zero-order valence-electron chi connectivity index (χ0n) is 16.7. The maximum absolute atomic E-state index is 11.3. The molecule has 0 bridgehead atoms. The van der Waals surface area contributed by atoms with Crippen LogP contribution in [0.15, 0.2) is 61.2 Å². The molecule has 2 aromatic carbocycles. The molecule has 1 heterocycles. The number of carbonyl (C=O) groups is 1. The van der Waals surface area contributed by atoms with Crippen molar-refractivity contribution in [3.63, 3.8) is 0 Å². The van der Waals surface area contributed by atoms with E-state index in [0.29, 0.717) is 6.61 Å². The summed E-state index contributed by atoms with van der Waals surface area (Å²) in [5, 5.41) is 1.21. The molecule has 146 valence electrons. The highest BCUT2D eigenvalue weighted by atomic mass is 32.1. The molecule has 0 saturated heterocycles. The van der Waals surface area contributed by atoms with E-state index in [-0.39, 0.29) is 12.0 Å². The van der Waals surface area contributed by atoms with Crippen LogP contribution in [-0.4, -0.2) is 19.2 Å². The van der Waals surface area contributed by atoms with Crippen molar-refractivity contribution in [2.45, 2.75) is 27.2 Å². The van der Waals surface area contributed by atoms with Crippen molar-refractivity contribution in [2.24, 2.45) is 5.41 Å². The summed E-state index contributed by atoms with van der Waals surface area (Å²) < 4.78 is 12.3. The fourth-order valence-corrected chi connectivity index (χ4v) is 3.89. The average Bonchev–Trinajstić information content (AvgIpc) is 3.14. The second-order valence-electron chi connectivity index (χ2n) is 7.63. The van der Waals surface area contributed by atoms with Crippen LogP contribution >= 0.6 is 11.3 Å². The van der Waals surface area contributed by atoms with Crippen molar-refractivity contribution in [1.82, 2.24) is 0 Å². The second kappa shape index (κ2) is 8.61. The lowest BCUT2D eigenvalue weighted by Crippen LogP contribution is -2.28. The number of hydrogen-bond acceptors (Lipinski definition) is 4. The van der Waals surface area contributed by atoms with Gasteiger partial charge in [-0.3, -0.25) is 0 Å². The maximum Gasteiger partial charge on any atom is 0.330 e. The van der Waals surface area contributed by atoms with Gasteiger partial charge in [-0.05, 0) is 47.2 Å². The zero-order chi connectivity index (χ0) is 20.1. The quantitative estimate of drug-likeness (QED) is 0.334. The first-order valence-corrected chi connectivity index (χ1v) is 10.3. The third-order valence-electron chi connectivity index (χ3n) is 4.54. The highest BCUT2D eigenvalue weighted by Crippen LogP contribution is 2.35. The lowest BCUT2D eigenvalue weighted by atomic mass is 9.96. The Morgan fingerprint density at radius 2 is 1.86 bits per heavy atom. The van der Waals surface area contributed by atoms with Gasteiger partial charge in [0.1, 0.15) is 5.75 Å². The molecule has 0 spiro atoms. The van der Waals surface area contributed by atoms with E-state index in [1.54, 1.807) is 11.3 Å². The van der Waals surface area contributed by atoms with Crippen LogP contribution in [0.1, 0.15) is 26.3 Å². The summed E-state index contributed by atoms with van der Waals surface area (Å²) >= 11 is 1.77. The van der Waals surface area contributed by atoms with Crippen molar-refractivity contribution >= 4 is 27.4 Å². The molecule has 3 aromatic rings. The third-order valence-corrected chi connectivity index (χ3v) is 5.69. The van der Waals surface area contributed by atoms with E-state index in [9.17, 15) is 4.79 Å². The largest absolute Gasteiger partial charge is 0.493 e. The third kappa shape index (κ3) is 5.02. The van der Waals surface area contributed by atoms with E-state index in [1.807, 2.05) is 19.9 Å². The molecule has 1 aromatic heterocycles. The Bertz CT molecular complexity index is 967. The molecule has 4 heteroatoms. The van der Waals surface area contributed by atoms with Crippen molar-refractivity contribution in [2.75, 3.05) is 13.2 Å². The topological polar surface area (TPSA) is 35.5 Å². The molecule has 3 nitrogen and oxygen atoms in total. The number of carbonyl (C=O) groups excluding carboxylic acids is 1. The van der Waals surface area contributed by atoms with Crippen LogP contribution in [0.25, 0.3) is 20.5 Å². The highest BCUT2D eigenvalue weighted by molar-refractivity contribution is 7.22. The fraction of sp³-hybridized carbons (Fsp3) is 0.292. The Morgan fingerprint density at radius 3 is 2.54 bits per heavy atom. The number of thiophene rings is 1. The van der Waals surface area contributed by atoms with Crippen LogP contribution < -0.4 is 4.74 Å². The second-order valence-corrected chi connectivity index (χ2v) is 8.71. The Kier molecular flexibility index (Phi) is 6.20. The summed E-state index contributed by atoms with van der Waals surface area (Å²) in [6.45, 7) is 10.3. The summed E-state index contributed by atoms with van der Waals surface area (Å²) in [6.07, 6.45) is 2.23. The molecule has 0 fully saturated rings. The molecule has 0 N–H and O–H groups in total. The molecule has 0 atom stereocenters. The summed E-state index contributed by atoms with van der Waals surface area (Å²) in [7, 11) is 0. The Labute approximate surface area is 170 Å². The highest BCUT2D eigenvalue weighted by Gasteiger charge is 2.21. The lowest BCUT2D eigenvalue weighted by Gasteiger charge is -2.24. The van der Waals surface area contributed by atoms with E-state index in [2.05, 4.69) is 56.0 Å². The standard InChI is InChI=1S/C24H26O3S/c1-5-17-7-9-18(10-8-17)21-13-19-11-12-20(14-22(19)28-21)26-15-24(3,4)16-27-23(25)6-2/h6-14H,2,5,15-16H2,1,3-4H3. The van der Waals surface area contributed by atoms with Crippen molar-refractivity contribution in [1.29, 1.82) is 0 Å². The minimum absolute atomic E-state index is 0.282. The molecular formula is C24H26O3S. The molecule has 0 amide bonds. The van der Waals surface area contributed by atoms with Gasteiger partial charge in [0.15, 0.2) is 0 Å². The van der Waals surface area contributed by atoms with Gasteiger partial charge in [0.25, 0.3) is 0 Å². The number of hydrogen-bond donors (Lipinski definition) is 0. The minimum Gasteiger partial charge on any atom is -0.493 e. The molecule has 0 aliphatic heterocycles. The summed E-state index contributed by atoms with van der Waals surface area (Å²) in [5.41, 5.74) is 2.31. The number of rotatable bonds is 8. The number of ether oxygens (including phenoxy) is 2. The Morgan fingerprint density at radius 1 is 1.11 bits per heavy atom. The first-order valence-electron chi connectivity index (χ1n) is 9.45. The molecule has 28 heavy (non-hydrogen) atoms. The van der Waals surface area contributed by atoms with Crippen LogP contribution in [0.3, 0.4) is 0 Å². The minimum atomic E-state index is -0.410. The van der Waals surface area contributed by atoms with Gasteiger partial charge >= 0.3 is 5.97 Å². The predicted octanol–water partition coefficient (Wildman–Crippen LogP) is 6.26. The molecule has 0 aliphatic carbocycles. The van der Waals surface area contributed by atoms with Gasteiger partial charge < -0.3 is 9.47 Å². The maximum atomic E-state index is 11.3. The monoisotopic (exact) mass is 394 g/mol. The summed E-state index contributed by atoms with van der Waals surface area (Å²) in [4.78, 5) is 12.5. The first-order chi connectivity index (χ1) is 13.4. The normalized spacial score (nSPS) is 11.4. The van der Waals surface area contributed by atoms with Gasteiger partial charge in [-0.2, -0.15) is 0 Å². The SMILES string of the molecule is C=CC(=O)OCC(C)(C)COc1ccc2cc(-c3ccc(CC)cc3)sc2c1. The van der Waals surface area contributed by atoms with Gasteiger partial charge in [0.05, 0.1) is 13.2 Å². The van der Waals surface area contributed by atoms with E-state index in [1.165, 1.54) is 32.2 Å². The fourth-order valence-electron chi connectivity index (χ4n) is 2.79. The average molecular weight is 395 g/mol. The van der Waals surface area contributed by atoms with Crippen molar-refractivity contribution in [3.8, 4) is 16.2 Å². The zero-order valence-corrected chi connectivity index (χ0v) is 17.5. The van der Waals surface area contributed by atoms with E-state index in [4.69, 9.17) is 9.47 Å². The first kappa shape index (κ1) is 20.2. The number of benzene rings is 2. The molecular weight excluding hydrogens is 368 g/mol. The summed E-state index contributed by atoms with van der Waals surface area (Å²) in [6, 6.07) is 17.1. The molecule has 0 radical (unpaired) electrons. The molecule has 0 aliphatic rings. The summed E-state index contributed by atoms with van der Waals surface area (Å²) in [5.74, 6) is 0.415. The smallest absolute Gasteiger partial charge is 0.330 e. The van der Waals surface area contributed by atoms with Gasteiger partial charge in [-0.25, -0.2) is 4.79 Å². The van der Waals surface area contributed by atoms with Crippen LogP contribution in [0, 0.1) is 5.41 Å². The van der Waals surface area contributed by atoms with Gasteiger partial charge in [-0.15, -0.1) is 11.3 Å². The Hall–Kier alpha value is -2.59. The van der Waals surface area contributed by atoms with E-state index >= 15 is 0 Å². The van der Waals surface area contributed by atoms with Crippen LogP contribution in [0.4, 0.5) is 0 Å². The molecule has 3 rings (SSSR count). The van der Waals surface area contributed by atoms with Gasteiger partial charge in [0, 0.05) is 21.1 Å². The predicted molar refractivity (Wildman–Crippen MR) is 117 cm³/mol. The molecule has 0 unspecified atom stereocenters. The van der Waals surface area contributed by atoms with Crippen LogP contribution in [0.5, 0.6) is 5.75 Å². The van der Waals surface area contributed by atoms with E-state index < -0.39 is 5.97 Å². The lowest BCUT2D eigenvalue weighted by molar-refractivity contribution is -0.141. The van der Waals surface area contributed by atoms with E-state index in [0.717, 1.165) is 12.2 Å². The number of esters is 1. The Balaban J connectivity index is 1.70. The van der Waals surface area contributed by atoms with Crippen LogP contribution in [0.2, 0.25) is 0 Å². The van der Waals surface area contributed by atoms with Crippen LogP contribution in [-0.2, 0) is 16.0 Å².